The molecule has 0 heterocycles. The van der Waals surface area contributed by atoms with Gasteiger partial charge in [0.25, 0.3) is 0 Å². The summed E-state index contributed by atoms with van der Waals surface area (Å²) in [4.78, 5) is 12.1. The SMILES string of the molecule is CCCCCCCCCCCCCCCCCCCCCCCCCCCC(=O)OC/C=C(\C)CCC[C@H](C)CCC[C@H](C)CCCC(C)C. The largest absolute Gasteiger partial charge is 0.461 e. The fraction of sp³-hybridized carbons (Fsp3) is 0.938. The van der Waals surface area contributed by atoms with Gasteiger partial charge in [-0.2, -0.15) is 0 Å². The van der Waals surface area contributed by atoms with Crippen LogP contribution in [0.1, 0.15) is 266 Å². The number of ether oxygens (including phenoxy) is 1. The van der Waals surface area contributed by atoms with Crippen LogP contribution >= 0.6 is 0 Å². The van der Waals surface area contributed by atoms with Crippen molar-refractivity contribution in [3.63, 3.8) is 0 Å². The maximum Gasteiger partial charge on any atom is 0.306 e. The van der Waals surface area contributed by atoms with E-state index in [2.05, 4.69) is 47.6 Å². The van der Waals surface area contributed by atoms with Gasteiger partial charge >= 0.3 is 5.97 Å². The van der Waals surface area contributed by atoms with Crippen molar-refractivity contribution in [1.29, 1.82) is 0 Å². The van der Waals surface area contributed by atoms with Crippen molar-refractivity contribution in [2.75, 3.05) is 6.61 Å². The first-order valence-electron chi connectivity index (χ1n) is 23.2. The lowest BCUT2D eigenvalue weighted by Crippen LogP contribution is -2.04. The minimum atomic E-state index is -0.0183. The van der Waals surface area contributed by atoms with E-state index < -0.39 is 0 Å². The molecule has 0 aliphatic rings. The highest BCUT2D eigenvalue weighted by Crippen LogP contribution is 2.22. The molecule has 0 bridgehead atoms. The molecule has 0 rings (SSSR count). The van der Waals surface area contributed by atoms with E-state index >= 15 is 0 Å². The van der Waals surface area contributed by atoms with Gasteiger partial charge in [0.1, 0.15) is 6.61 Å². The van der Waals surface area contributed by atoms with E-state index in [1.807, 2.05) is 0 Å². The number of allylic oxidation sites excluding steroid dienone is 1. The van der Waals surface area contributed by atoms with Crippen LogP contribution < -0.4 is 0 Å². The van der Waals surface area contributed by atoms with Gasteiger partial charge in [0.05, 0.1) is 0 Å². The Morgan fingerprint density at radius 3 is 1.16 bits per heavy atom. The first-order valence-corrected chi connectivity index (χ1v) is 23.2. The molecule has 50 heavy (non-hydrogen) atoms. The second kappa shape index (κ2) is 39.4. The maximum absolute atomic E-state index is 12.1. The lowest BCUT2D eigenvalue weighted by atomic mass is 9.91. The number of hydrogen-bond donors (Lipinski definition) is 0. The van der Waals surface area contributed by atoms with Crippen molar-refractivity contribution in [3.05, 3.63) is 11.6 Å². The van der Waals surface area contributed by atoms with Gasteiger partial charge in [0.2, 0.25) is 0 Å². The summed E-state index contributed by atoms with van der Waals surface area (Å²) in [5, 5.41) is 0. The number of carbonyl (C=O) groups is 1. The molecule has 2 heteroatoms. The second-order valence-electron chi connectivity index (χ2n) is 17.3. The van der Waals surface area contributed by atoms with Crippen molar-refractivity contribution in [3.8, 4) is 0 Å². The third-order valence-corrected chi connectivity index (χ3v) is 11.3. The van der Waals surface area contributed by atoms with E-state index in [1.165, 1.54) is 211 Å². The molecular formula is C48H94O2. The van der Waals surface area contributed by atoms with Crippen LogP contribution in [0.2, 0.25) is 0 Å². The van der Waals surface area contributed by atoms with Crippen LogP contribution in [0.5, 0.6) is 0 Å². The van der Waals surface area contributed by atoms with Crippen molar-refractivity contribution >= 4 is 5.97 Å². The van der Waals surface area contributed by atoms with E-state index in [9.17, 15) is 4.79 Å². The highest BCUT2D eigenvalue weighted by molar-refractivity contribution is 5.69. The molecule has 0 aromatic heterocycles. The van der Waals surface area contributed by atoms with Gasteiger partial charge in [-0.25, -0.2) is 0 Å². The summed E-state index contributed by atoms with van der Waals surface area (Å²) >= 11 is 0. The average Bonchev–Trinajstić information content (AvgIpc) is 3.08. The van der Waals surface area contributed by atoms with Crippen LogP contribution in [0.15, 0.2) is 11.6 Å². The van der Waals surface area contributed by atoms with Crippen LogP contribution in [-0.4, -0.2) is 12.6 Å². The first kappa shape index (κ1) is 49.2. The fourth-order valence-electron chi connectivity index (χ4n) is 7.57. The summed E-state index contributed by atoms with van der Waals surface area (Å²) in [6, 6.07) is 0. The summed E-state index contributed by atoms with van der Waals surface area (Å²) in [6.45, 7) is 14.5. The van der Waals surface area contributed by atoms with Crippen molar-refractivity contribution in [2.24, 2.45) is 17.8 Å². The Morgan fingerprint density at radius 2 is 0.780 bits per heavy atom. The Kier molecular flexibility index (Phi) is 38.8. The quantitative estimate of drug-likeness (QED) is 0.0361. The minimum Gasteiger partial charge on any atom is -0.461 e. The summed E-state index contributed by atoms with van der Waals surface area (Å²) in [5.74, 6) is 2.54. The first-order chi connectivity index (χ1) is 24.3. The normalized spacial score (nSPS) is 13.3. The van der Waals surface area contributed by atoms with Gasteiger partial charge in [-0.05, 0) is 50.0 Å². The standard InChI is InChI=1S/C48H94O2/c1-7-8-9-10-11-12-13-14-15-16-17-18-19-20-21-22-23-24-25-26-27-28-29-30-31-41-48(49)50-43-42-47(6)40-34-39-46(5)38-33-37-45(4)36-32-35-44(2)3/h42,44-46H,7-41,43H2,1-6H3/b47-42+/t45-,46-/m1/s1. The Balaban J connectivity index is 3.39. The second-order valence-corrected chi connectivity index (χ2v) is 17.3. The molecule has 0 aromatic carbocycles. The van der Waals surface area contributed by atoms with Crippen molar-refractivity contribution < 1.29 is 9.53 Å². The van der Waals surface area contributed by atoms with Gasteiger partial charge < -0.3 is 4.74 Å². The summed E-state index contributed by atoms with van der Waals surface area (Å²) in [5.41, 5.74) is 1.37. The predicted octanol–water partition coefficient (Wildman–Crippen LogP) is 17.1. The van der Waals surface area contributed by atoms with E-state index in [0.29, 0.717) is 13.0 Å². The molecule has 0 unspecified atom stereocenters. The lowest BCUT2D eigenvalue weighted by molar-refractivity contribution is -0.142. The number of rotatable bonds is 40. The van der Waals surface area contributed by atoms with Crippen LogP contribution in [-0.2, 0) is 9.53 Å². The predicted molar refractivity (Wildman–Crippen MR) is 225 cm³/mol. The smallest absolute Gasteiger partial charge is 0.306 e. The summed E-state index contributed by atoms with van der Waals surface area (Å²) in [6.07, 6.45) is 49.8. The van der Waals surface area contributed by atoms with Gasteiger partial charge in [0, 0.05) is 6.42 Å². The van der Waals surface area contributed by atoms with Gasteiger partial charge in [-0.3, -0.25) is 4.79 Å². The Bertz CT molecular complexity index is 709. The average molecular weight is 703 g/mol. The molecular weight excluding hydrogens is 609 g/mol. The molecule has 0 fully saturated rings. The van der Waals surface area contributed by atoms with Crippen LogP contribution in [0.3, 0.4) is 0 Å². The molecule has 0 radical (unpaired) electrons. The van der Waals surface area contributed by atoms with Gasteiger partial charge in [-0.1, -0.05) is 239 Å². The summed E-state index contributed by atoms with van der Waals surface area (Å²) in [7, 11) is 0. The third kappa shape index (κ3) is 40.0. The highest BCUT2D eigenvalue weighted by Gasteiger charge is 2.07. The molecule has 2 atom stereocenters. The fourth-order valence-corrected chi connectivity index (χ4v) is 7.57. The molecule has 298 valence electrons. The zero-order valence-electron chi connectivity index (χ0n) is 35.6. The molecule has 0 amide bonds. The van der Waals surface area contributed by atoms with Crippen LogP contribution in [0, 0.1) is 17.8 Å². The number of hydrogen-bond acceptors (Lipinski definition) is 2. The van der Waals surface area contributed by atoms with Crippen molar-refractivity contribution in [1.82, 2.24) is 0 Å². The minimum absolute atomic E-state index is 0.0183. The molecule has 2 nitrogen and oxygen atoms in total. The molecule has 0 saturated heterocycles. The van der Waals surface area contributed by atoms with E-state index in [1.54, 1.807) is 0 Å². The molecule has 0 aromatic rings. The number of esters is 1. The molecule has 0 saturated carbocycles. The Hall–Kier alpha value is -0.790. The summed E-state index contributed by atoms with van der Waals surface area (Å²) < 4.78 is 5.50. The molecule has 0 N–H and O–H groups in total. The van der Waals surface area contributed by atoms with Crippen molar-refractivity contribution in [2.45, 2.75) is 266 Å². The zero-order chi connectivity index (χ0) is 36.8. The van der Waals surface area contributed by atoms with E-state index in [4.69, 9.17) is 4.74 Å². The Labute approximate surface area is 316 Å². The van der Waals surface area contributed by atoms with E-state index in [-0.39, 0.29) is 5.97 Å². The third-order valence-electron chi connectivity index (χ3n) is 11.3. The highest BCUT2D eigenvalue weighted by atomic mass is 16.5. The zero-order valence-corrected chi connectivity index (χ0v) is 35.6. The molecule has 0 spiro atoms. The van der Waals surface area contributed by atoms with E-state index in [0.717, 1.165) is 30.6 Å². The topological polar surface area (TPSA) is 26.3 Å². The van der Waals surface area contributed by atoms with Crippen LogP contribution in [0.4, 0.5) is 0 Å². The van der Waals surface area contributed by atoms with Gasteiger partial charge in [0.15, 0.2) is 0 Å². The monoisotopic (exact) mass is 703 g/mol. The molecule has 0 aliphatic carbocycles. The van der Waals surface area contributed by atoms with Gasteiger partial charge in [-0.15, -0.1) is 0 Å². The number of unbranched alkanes of at least 4 members (excludes halogenated alkanes) is 24. The lowest BCUT2D eigenvalue weighted by Gasteiger charge is -2.15. The van der Waals surface area contributed by atoms with Crippen LogP contribution in [0.25, 0.3) is 0 Å². The maximum atomic E-state index is 12.1. The Morgan fingerprint density at radius 1 is 0.440 bits per heavy atom. The number of carbonyl (C=O) groups excluding carboxylic acids is 1. The molecule has 0 aliphatic heterocycles.